The van der Waals surface area contributed by atoms with Gasteiger partial charge in [-0.2, -0.15) is 0 Å². The van der Waals surface area contributed by atoms with Gasteiger partial charge in [0.25, 0.3) is 0 Å². The van der Waals surface area contributed by atoms with E-state index in [9.17, 15) is 5.11 Å². The second-order valence-corrected chi connectivity index (χ2v) is 11.2. The molecule has 2 aromatic rings. The molecule has 0 saturated carbocycles. The molecule has 0 heterocycles. The zero-order chi connectivity index (χ0) is 25.8. The lowest BCUT2D eigenvalue weighted by Crippen LogP contribution is -2.33. The number of hydrogen-bond donors (Lipinski definition) is 1. The molecule has 0 fully saturated rings. The zero-order valence-electron chi connectivity index (χ0n) is 23.7. The number of unbranched alkanes of at least 4 members (excludes halogenated alkanes) is 10. The minimum Gasteiger partial charge on any atom is -0.429 e. The van der Waals surface area contributed by atoms with E-state index in [1.807, 2.05) is 0 Å². The third kappa shape index (κ3) is 7.29. The Bertz CT molecular complexity index is 910. The molecule has 0 spiro atoms. The SMILES string of the molecule is Bc1ccc2c(c1)C(CCCCCCCC)(CCCCCCCC)c1cc(B(C)OCCO)ccc1-2. The first kappa shape index (κ1) is 29.1. The van der Waals surface area contributed by atoms with Crippen LogP contribution in [0, 0.1) is 0 Å². The summed E-state index contributed by atoms with van der Waals surface area (Å²) in [5.74, 6) is 0. The van der Waals surface area contributed by atoms with Crippen LogP contribution >= 0.6 is 0 Å². The Hall–Kier alpha value is -1.51. The summed E-state index contributed by atoms with van der Waals surface area (Å²) in [6.07, 6.45) is 18.6. The largest absolute Gasteiger partial charge is 0.429 e. The van der Waals surface area contributed by atoms with Gasteiger partial charge in [-0.05, 0) is 40.6 Å². The standard InChI is InChI=1S/C32H50B2O2/c1-4-6-8-10-12-14-20-32(21-15-13-11-9-7-5-2)30-24-26(33)16-18-28(30)29-19-17-27(25-31(29)32)34(3)36-23-22-35/h16-19,24-25,35H,4-15,20-23,33H2,1-3H3. The number of aliphatic hydroxyl groups is 1. The number of rotatable bonds is 18. The number of aliphatic hydroxyl groups excluding tert-OH is 1. The van der Waals surface area contributed by atoms with Crippen LogP contribution in [-0.4, -0.2) is 33.1 Å². The van der Waals surface area contributed by atoms with Gasteiger partial charge in [-0.3, -0.25) is 0 Å². The van der Waals surface area contributed by atoms with Gasteiger partial charge in [-0.25, -0.2) is 0 Å². The Morgan fingerprint density at radius 2 is 1.28 bits per heavy atom. The Balaban J connectivity index is 1.93. The highest BCUT2D eigenvalue weighted by atomic mass is 16.4. The van der Waals surface area contributed by atoms with Crippen LogP contribution in [0.3, 0.4) is 0 Å². The van der Waals surface area contributed by atoms with E-state index in [1.165, 1.54) is 118 Å². The van der Waals surface area contributed by atoms with Crippen LogP contribution < -0.4 is 10.9 Å². The molecule has 1 aliphatic rings. The topological polar surface area (TPSA) is 29.5 Å². The molecule has 0 bridgehead atoms. The molecule has 4 heteroatoms. The molecule has 1 N–H and O–H groups in total. The van der Waals surface area contributed by atoms with Crippen molar-refractivity contribution in [1.29, 1.82) is 0 Å². The summed E-state index contributed by atoms with van der Waals surface area (Å²) >= 11 is 0. The van der Waals surface area contributed by atoms with Crippen molar-refractivity contribution in [2.75, 3.05) is 13.2 Å². The van der Waals surface area contributed by atoms with Crippen molar-refractivity contribution in [3.05, 3.63) is 47.5 Å². The van der Waals surface area contributed by atoms with Crippen molar-refractivity contribution >= 4 is 25.7 Å². The predicted octanol–water partition coefficient (Wildman–Crippen LogP) is 6.55. The zero-order valence-corrected chi connectivity index (χ0v) is 23.7. The van der Waals surface area contributed by atoms with Crippen LogP contribution in [0.5, 0.6) is 0 Å². The van der Waals surface area contributed by atoms with E-state index in [4.69, 9.17) is 4.65 Å². The molecule has 3 rings (SSSR count). The molecule has 1 aliphatic carbocycles. The van der Waals surface area contributed by atoms with E-state index in [1.54, 1.807) is 5.56 Å². The fourth-order valence-electron chi connectivity index (χ4n) is 6.28. The third-order valence-corrected chi connectivity index (χ3v) is 8.38. The molecule has 2 aromatic carbocycles. The molecular formula is C32H50B2O2. The highest BCUT2D eigenvalue weighted by molar-refractivity contribution is 6.66. The maximum absolute atomic E-state index is 9.27. The van der Waals surface area contributed by atoms with Crippen LogP contribution in [0.2, 0.25) is 6.82 Å². The Kier molecular flexibility index (Phi) is 12.1. The maximum atomic E-state index is 9.27. The molecule has 0 atom stereocenters. The smallest absolute Gasteiger partial charge is 0.323 e. The highest BCUT2D eigenvalue weighted by Gasteiger charge is 2.42. The second kappa shape index (κ2) is 15.0. The average molecular weight is 488 g/mol. The second-order valence-electron chi connectivity index (χ2n) is 11.2. The minimum absolute atomic E-state index is 0.00585. The summed E-state index contributed by atoms with van der Waals surface area (Å²) in [5.41, 5.74) is 8.70. The molecule has 0 unspecified atom stereocenters. The Morgan fingerprint density at radius 3 is 1.86 bits per heavy atom. The van der Waals surface area contributed by atoms with Crippen LogP contribution in [0.15, 0.2) is 36.4 Å². The quantitative estimate of drug-likeness (QED) is 0.191. The summed E-state index contributed by atoms with van der Waals surface area (Å²) in [6.45, 7) is 7.17. The molecule has 36 heavy (non-hydrogen) atoms. The van der Waals surface area contributed by atoms with Crippen molar-refractivity contribution in [2.45, 2.75) is 116 Å². The summed E-state index contributed by atoms with van der Waals surface area (Å²) in [6, 6.07) is 14.2. The van der Waals surface area contributed by atoms with Gasteiger partial charge < -0.3 is 9.76 Å². The molecule has 2 nitrogen and oxygen atoms in total. The van der Waals surface area contributed by atoms with Gasteiger partial charge in [0.05, 0.1) is 13.2 Å². The van der Waals surface area contributed by atoms with Gasteiger partial charge in [-0.1, -0.05) is 140 Å². The van der Waals surface area contributed by atoms with Gasteiger partial charge in [0, 0.05) is 5.41 Å². The lowest BCUT2D eigenvalue weighted by Gasteiger charge is -2.33. The van der Waals surface area contributed by atoms with Gasteiger partial charge in [0.2, 0.25) is 0 Å². The van der Waals surface area contributed by atoms with Gasteiger partial charge >= 0.3 is 6.92 Å². The number of hydrogen-bond acceptors (Lipinski definition) is 2. The maximum Gasteiger partial charge on any atom is 0.323 e. The summed E-state index contributed by atoms with van der Waals surface area (Å²) in [4.78, 5) is 0. The molecule has 0 amide bonds. The minimum atomic E-state index is -0.00585. The van der Waals surface area contributed by atoms with Crippen LogP contribution in [0.4, 0.5) is 0 Å². The first-order valence-electron chi connectivity index (χ1n) is 15.1. The average Bonchev–Trinajstić information content (AvgIpc) is 3.15. The molecule has 0 aromatic heterocycles. The predicted molar refractivity (Wildman–Crippen MR) is 161 cm³/mol. The van der Waals surface area contributed by atoms with Gasteiger partial charge in [0.15, 0.2) is 0 Å². The summed E-state index contributed by atoms with van der Waals surface area (Å²) in [7, 11) is 2.25. The van der Waals surface area contributed by atoms with Crippen molar-refractivity contribution in [3.63, 3.8) is 0 Å². The number of fused-ring (bicyclic) bond motifs is 3. The molecular weight excluding hydrogens is 438 g/mol. The Morgan fingerprint density at radius 1 is 0.750 bits per heavy atom. The molecule has 196 valence electrons. The van der Waals surface area contributed by atoms with Crippen LogP contribution in [0.25, 0.3) is 11.1 Å². The monoisotopic (exact) mass is 488 g/mol. The van der Waals surface area contributed by atoms with E-state index in [0.29, 0.717) is 6.61 Å². The fourth-order valence-corrected chi connectivity index (χ4v) is 6.28. The first-order valence-corrected chi connectivity index (χ1v) is 15.1. The van der Waals surface area contributed by atoms with Gasteiger partial charge in [0.1, 0.15) is 7.85 Å². The van der Waals surface area contributed by atoms with Crippen molar-refractivity contribution in [2.24, 2.45) is 0 Å². The van der Waals surface area contributed by atoms with Crippen molar-refractivity contribution < 1.29 is 9.76 Å². The van der Waals surface area contributed by atoms with E-state index in [2.05, 4.69) is 64.9 Å². The highest BCUT2D eigenvalue weighted by Crippen LogP contribution is 2.53. The molecule has 0 radical (unpaired) electrons. The lowest BCUT2D eigenvalue weighted by atomic mass is 9.61. The third-order valence-electron chi connectivity index (χ3n) is 8.38. The first-order chi connectivity index (χ1) is 17.6. The summed E-state index contributed by atoms with van der Waals surface area (Å²) < 4.78 is 5.92. The fraction of sp³-hybridized carbons (Fsp3) is 0.625. The van der Waals surface area contributed by atoms with Crippen LogP contribution in [-0.2, 0) is 10.1 Å². The van der Waals surface area contributed by atoms with Gasteiger partial charge in [-0.15, -0.1) is 0 Å². The van der Waals surface area contributed by atoms with Crippen molar-refractivity contribution in [1.82, 2.24) is 0 Å². The Labute approximate surface area is 223 Å². The van der Waals surface area contributed by atoms with E-state index >= 15 is 0 Å². The number of benzene rings is 2. The van der Waals surface area contributed by atoms with E-state index in [0.717, 1.165) is 0 Å². The lowest BCUT2D eigenvalue weighted by molar-refractivity contribution is 0.204. The molecule has 0 saturated heterocycles. The molecule has 0 aliphatic heterocycles. The summed E-state index contributed by atoms with van der Waals surface area (Å²) in [5, 5.41) is 9.27. The van der Waals surface area contributed by atoms with E-state index < -0.39 is 0 Å². The van der Waals surface area contributed by atoms with Crippen molar-refractivity contribution in [3.8, 4) is 11.1 Å². The van der Waals surface area contributed by atoms with E-state index in [-0.39, 0.29) is 18.9 Å². The normalized spacial score (nSPS) is 13.6. The van der Waals surface area contributed by atoms with Crippen LogP contribution in [0.1, 0.15) is 115 Å².